The third-order valence-corrected chi connectivity index (χ3v) is 6.63. The van der Waals surface area contributed by atoms with Crippen molar-refractivity contribution < 1.29 is 18.7 Å². The molecule has 1 aliphatic carbocycles. The van der Waals surface area contributed by atoms with Gasteiger partial charge in [0.25, 0.3) is 5.91 Å². The summed E-state index contributed by atoms with van der Waals surface area (Å²) in [6.45, 7) is 2.86. The van der Waals surface area contributed by atoms with Crippen molar-refractivity contribution in [1.82, 2.24) is 25.3 Å². The highest BCUT2D eigenvalue weighted by Gasteiger charge is 2.51. The van der Waals surface area contributed by atoms with E-state index in [2.05, 4.69) is 30.6 Å². The molecule has 10 heteroatoms. The van der Waals surface area contributed by atoms with Crippen molar-refractivity contribution in [1.29, 1.82) is 0 Å². The lowest BCUT2D eigenvalue weighted by molar-refractivity contribution is 0.0938. The highest BCUT2D eigenvalue weighted by molar-refractivity contribution is 6.09. The Morgan fingerprint density at radius 2 is 2.09 bits per heavy atom. The molecule has 1 fully saturated rings. The summed E-state index contributed by atoms with van der Waals surface area (Å²) < 4.78 is 25.3. The Balaban J connectivity index is 1.60. The number of anilines is 2. The van der Waals surface area contributed by atoms with E-state index in [9.17, 15) is 9.18 Å². The fourth-order valence-electron chi connectivity index (χ4n) is 4.73. The van der Waals surface area contributed by atoms with Crippen molar-refractivity contribution >= 4 is 28.3 Å². The van der Waals surface area contributed by atoms with Crippen molar-refractivity contribution in [2.75, 3.05) is 25.6 Å². The minimum atomic E-state index is -0.505. The van der Waals surface area contributed by atoms with Gasteiger partial charge in [-0.3, -0.25) is 9.78 Å². The van der Waals surface area contributed by atoms with Gasteiger partial charge >= 0.3 is 6.01 Å². The van der Waals surface area contributed by atoms with E-state index in [4.69, 9.17) is 9.47 Å². The second-order valence-electron chi connectivity index (χ2n) is 8.71. The van der Waals surface area contributed by atoms with Gasteiger partial charge in [-0.05, 0) is 38.0 Å². The van der Waals surface area contributed by atoms with E-state index in [1.54, 1.807) is 24.5 Å². The monoisotopic (exact) mass is 474 g/mol. The van der Waals surface area contributed by atoms with Crippen LogP contribution in [-0.4, -0.2) is 46.1 Å². The molecule has 0 bridgehead atoms. The van der Waals surface area contributed by atoms with E-state index in [0.717, 1.165) is 18.5 Å². The lowest BCUT2D eigenvalue weighted by Gasteiger charge is -2.23. The van der Waals surface area contributed by atoms with Gasteiger partial charge < -0.3 is 25.1 Å². The summed E-state index contributed by atoms with van der Waals surface area (Å²) in [7, 11) is 1.41. The van der Waals surface area contributed by atoms with Gasteiger partial charge in [-0.15, -0.1) is 0 Å². The standard InChI is InChI=1S/C25H23FN6O3/c1-3-35-24-28-11-16-18(32-24)13(7-10-27-16)19-20(30-15-6-4-5-14(26)21(15)34-2)17-22(31-19)25(8-9-25)12-29-23(17)33/h4-7,10-11,30-31H,3,8-9,12H2,1-2H3,(H,29,33). The Morgan fingerprint density at radius 1 is 1.23 bits per heavy atom. The van der Waals surface area contributed by atoms with Gasteiger partial charge in [0.15, 0.2) is 11.6 Å². The molecule has 4 heterocycles. The first kappa shape index (κ1) is 21.3. The van der Waals surface area contributed by atoms with Gasteiger partial charge in [-0.1, -0.05) is 6.07 Å². The maximum atomic E-state index is 14.5. The molecule has 35 heavy (non-hydrogen) atoms. The van der Waals surface area contributed by atoms with Crippen LogP contribution in [-0.2, 0) is 5.41 Å². The molecule has 178 valence electrons. The summed E-state index contributed by atoms with van der Waals surface area (Å²) in [5, 5.41) is 6.31. The minimum absolute atomic E-state index is 0.0614. The number of nitrogens with zero attached hydrogens (tertiary/aromatic N) is 3. The fraction of sp³-hybridized carbons (Fsp3) is 0.280. The molecule has 9 nitrogen and oxygen atoms in total. The number of amides is 1. The highest BCUT2D eigenvalue weighted by Crippen LogP contribution is 2.53. The summed E-state index contributed by atoms with van der Waals surface area (Å²) in [5.41, 5.74) is 4.71. The second kappa shape index (κ2) is 7.93. The average Bonchev–Trinajstić information content (AvgIpc) is 3.54. The molecule has 1 aromatic carbocycles. The second-order valence-corrected chi connectivity index (χ2v) is 8.71. The number of aromatic amines is 1. The number of carbonyl (C=O) groups excluding carboxylic acids is 1. The smallest absolute Gasteiger partial charge is 0.317 e. The van der Waals surface area contributed by atoms with Crippen LogP contribution in [0, 0.1) is 5.82 Å². The number of pyridine rings is 1. The molecule has 0 radical (unpaired) electrons. The van der Waals surface area contributed by atoms with Crippen LogP contribution >= 0.6 is 0 Å². The predicted molar refractivity (Wildman–Crippen MR) is 128 cm³/mol. The van der Waals surface area contributed by atoms with Crippen LogP contribution in [0.3, 0.4) is 0 Å². The van der Waals surface area contributed by atoms with Crippen LogP contribution in [0.4, 0.5) is 15.8 Å². The molecule has 2 aliphatic rings. The first-order valence-corrected chi connectivity index (χ1v) is 11.4. The summed E-state index contributed by atoms with van der Waals surface area (Å²) in [5.74, 6) is -0.637. The number of aromatic nitrogens is 4. The van der Waals surface area contributed by atoms with Crippen molar-refractivity contribution in [3.63, 3.8) is 0 Å². The number of para-hydroxylation sites is 1. The molecule has 0 unspecified atom stereocenters. The normalized spacial score (nSPS) is 15.6. The minimum Gasteiger partial charge on any atom is -0.492 e. The highest BCUT2D eigenvalue weighted by atomic mass is 19.1. The number of rotatable bonds is 6. The SMILES string of the molecule is CCOc1ncc2nccc(-c3[nH]c4c(c3Nc3cccc(F)c3OC)C(=O)NCC43CC3)c2n1. The van der Waals surface area contributed by atoms with Crippen molar-refractivity contribution in [3.05, 3.63) is 53.7 Å². The molecule has 1 saturated carbocycles. The molecular formula is C25H23FN6O3. The number of benzene rings is 1. The molecule has 3 aromatic heterocycles. The summed E-state index contributed by atoms with van der Waals surface area (Å²) in [4.78, 5) is 29.9. The summed E-state index contributed by atoms with van der Waals surface area (Å²) in [6.07, 6.45) is 5.21. The maximum Gasteiger partial charge on any atom is 0.317 e. The van der Waals surface area contributed by atoms with Crippen LogP contribution in [0.2, 0.25) is 0 Å². The first-order chi connectivity index (χ1) is 17.0. The zero-order valence-electron chi connectivity index (χ0n) is 19.2. The predicted octanol–water partition coefficient (Wildman–Crippen LogP) is 4.08. The van der Waals surface area contributed by atoms with Crippen molar-refractivity contribution in [2.45, 2.75) is 25.2 Å². The molecule has 3 N–H and O–H groups in total. The zero-order chi connectivity index (χ0) is 24.2. The number of halogens is 1. The van der Waals surface area contributed by atoms with Gasteiger partial charge in [-0.25, -0.2) is 9.37 Å². The molecule has 1 spiro atoms. The third kappa shape index (κ3) is 3.36. The number of ether oxygens (including phenoxy) is 2. The number of hydrogen-bond donors (Lipinski definition) is 3. The van der Waals surface area contributed by atoms with Crippen LogP contribution in [0.15, 0.2) is 36.7 Å². The van der Waals surface area contributed by atoms with E-state index in [1.165, 1.54) is 13.2 Å². The quantitative estimate of drug-likeness (QED) is 0.386. The number of carbonyl (C=O) groups is 1. The first-order valence-electron chi connectivity index (χ1n) is 11.4. The van der Waals surface area contributed by atoms with Crippen LogP contribution in [0.5, 0.6) is 11.8 Å². The Labute approximate surface area is 200 Å². The van der Waals surface area contributed by atoms with Gasteiger partial charge in [-0.2, -0.15) is 4.98 Å². The van der Waals surface area contributed by atoms with Gasteiger partial charge in [0.05, 0.1) is 42.5 Å². The fourth-order valence-corrected chi connectivity index (χ4v) is 4.73. The molecule has 1 aliphatic heterocycles. The van der Waals surface area contributed by atoms with Crippen LogP contribution in [0.1, 0.15) is 35.8 Å². The number of fused-ring (bicyclic) bond motifs is 3. The lowest BCUT2D eigenvalue weighted by Crippen LogP contribution is -2.39. The Hall–Kier alpha value is -4.21. The van der Waals surface area contributed by atoms with Gasteiger partial charge in [0.2, 0.25) is 0 Å². The summed E-state index contributed by atoms with van der Waals surface area (Å²) >= 11 is 0. The Morgan fingerprint density at radius 3 is 2.86 bits per heavy atom. The Kier molecular flexibility index (Phi) is 4.84. The lowest BCUT2D eigenvalue weighted by atomic mass is 9.93. The largest absolute Gasteiger partial charge is 0.492 e. The molecule has 0 atom stereocenters. The van der Waals surface area contributed by atoms with Crippen molar-refractivity contribution in [2.24, 2.45) is 0 Å². The molecule has 1 amide bonds. The maximum absolute atomic E-state index is 14.5. The Bertz CT molecular complexity index is 1480. The molecule has 6 rings (SSSR count). The molecule has 4 aromatic rings. The zero-order valence-corrected chi connectivity index (χ0v) is 19.2. The number of H-pyrrole nitrogens is 1. The van der Waals surface area contributed by atoms with Gasteiger partial charge in [0.1, 0.15) is 11.0 Å². The van der Waals surface area contributed by atoms with E-state index in [1.807, 2.05) is 13.0 Å². The van der Waals surface area contributed by atoms with Crippen molar-refractivity contribution in [3.8, 4) is 23.0 Å². The van der Waals surface area contributed by atoms with E-state index < -0.39 is 5.82 Å². The van der Waals surface area contributed by atoms with Crippen LogP contribution in [0.25, 0.3) is 22.3 Å². The molecular weight excluding hydrogens is 451 g/mol. The van der Waals surface area contributed by atoms with Gasteiger partial charge in [0, 0.05) is 29.4 Å². The number of nitrogens with one attached hydrogen (secondary N) is 3. The summed E-state index contributed by atoms with van der Waals surface area (Å²) in [6, 6.07) is 6.69. The topological polar surface area (TPSA) is 114 Å². The number of hydrogen-bond acceptors (Lipinski definition) is 7. The number of methoxy groups -OCH3 is 1. The average molecular weight is 474 g/mol. The van der Waals surface area contributed by atoms with Crippen LogP contribution < -0.4 is 20.1 Å². The third-order valence-electron chi connectivity index (χ3n) is 6.63. The van der Waals surface area contributed by atoms with E-state index in [-0.39, 0.29) is 23.1 Å². The molecule has 0 saturated heterocycles. The van der Waals surface area contributed by atoms with E-state index in [0.29, 0.717) is 52.4 Å². The van der Waals surface area contributed by atoms with E-state index >= 15 is 0 Å².